The van der Waals surface area contributed by atoms with E-state index >= 15 is 0 Å². The van der Waals surface area contributed by atoms with Crippen LogP contribution >= 0.6 is 11.3 Å². The minimum absolute atomic E-state index is 0.0586. The molecule has 0 aliphatic heterocycles. The lowest BCUT2D eigenvalue weighted by molar-refractivity contribution is 0.0582. The molecule has 1 heterocycles. The first kappa shape index (κ1) is 15.5. The summed E-state index contributed by atoms with van der Waals surface area (Å²) in [5.41, 5.74) is 0. The van der Waals surface area contributed by atoms with Gasteiger partial charge in [-0.05, 0) is 6.92 Å². The van der Waals surface area contributed by atoms with Gasteiger partial charge in [-0.15, -0.1) is 11.3 Å². The molecule has 0 bridgehead atoms. The number of carbonyl (C=O) groups excluding carboxylic acids is 1. The standard InChI is InChI=1S/C11H16N2O5S/c1-2-13(3-5-18-6-4-14)10(15)8-7-12-9(19-8)11(16)17/h7,14H,2-6H2,1H3,(H,16,17). The molecule has 0 radical (unpaired) electrons. The van der Waals surface area contributed by atoms with Gasteiger partial charge in [-0.1, -0.05) is 0 Å². The van der Waals surface area contributed by atoms with E-state index in [0.717, 1.165) is 11.3 Å². The fourth-order valence-electron chi connectivity index (χ4n) is 1.37. The van der Waals surface area contributed by atoms with Crippen molar-refractivity contribution in [2.24, 2.45) is 0 Å². The van der Waals surface area contributed by atoms with Gasteiger partial charge in [0.1, 0.15) is 4.88 Å². The summed E-state index contributed by atoms with van der Waals surface area (Å²) < 4.78 is 5.09. The summed E-state index contributed by atoms with van der Waals surface area (Å²) in [4.78, 5) is 28.3. The number of hydrogen-bond donors (Lipinski definition) is 2. The summed E-state index contributed by atoms with van der Waals surface area (Å²) in [5, 5.41) is 17.2. The van der Waals surface area contributed by atoms with Gasteiger partial charge >= 0.3 is 5.97 Å². The molecule has 0 aromatic carbocycles. The predicted octanol–water partition coefficient (Wildman–Crippen LogP) is 0.312. The number of rotatable bonds is 8. The molecule has 8 heteroatoms. The van der Waals surface area contributed by atoms with Crippen molar-refractivity contribution in [2.45, 2.75) is 6.92 Å². The van der Waals surface area contributed by atoms with Gasteiger partial charge in [-0.3, -0.25) is 4.79 Å². The van der Waals surface area contributed by atoms with Crippen molar-refractivity contribution in [1.29, 1.82) is 0 Å². The molecule has 0 unspecified atom stereocenters. The van der Waals surface area contributed by atoms with Gasteiger partial charge in [0, 0.05) is 13.1 Å². The summed E-state index contributed by atoms with van der Waals surface area (Å²) >= 11 is 0.854. The van der Waals surface area contributed by atoms with Crippen LogP contribution in [0.15, 0.2) is 6.20 Å². The molecule has 0 aliphatic carbocycles. The van der Waals surface area contributed by atoms with E-state index in [2.05, 4.69) is 4.98 Å². The lowest BCUT2D eigenvalue weighted by Gasteiger charge is -2.19. The van der Waals surface area contributed by atoms with Crippen LogP contribution < -0.4 is 0 Å². The Bertz CT molecular complexity index is 434. The van der Waals surface area contributed by atoms with Crippen LogP contribution in [-0.2, 0) is 4.74 Å². The van der Waals surface area contributed by atoms with E-state index in [1.54, 1.807) is 0 Å². The second-order valence-corrected chi connectivity index (χ2v) is 4.59. The summed E-state index contributed by atoms with van der Waals surface area (Å²) in [5.74, 6) is -1.40. The number of carbonyl (C=O) groups is 2. The number of carboxylic acid groups (broad SMARTS) is 1. The molecule has 1 aromatic heterocycles. The third kappa shape index (κ3) is 4.58. The van der Waals surface area contributed by atoms with Gasteiger partial charge in [0.15, 0.2) is 0 Å². The fourth-order valence-corrected chi connectivity index (χ4v) is 2.10. The number of aliphatic hydroxyl groups excluding tert-OH is 1. The zero-order valence-corrected chi connectivity index (χ0v) is 11.4. The average molecular weight is 288 g/mol. The zero-order valence-electron chi connectivity index (χ0n) is 10.5. The van der Waals surface area contributed by atoms with Crippen LogP contribution in [0.3, 0.4) is 0 Å². The minimum atomic E-state index is -1.14. The number of aromatic nitrogens is 1. The summed E-state index contributed by atoms with van der Waals surface area (Å²) in [6, 6.07) is 0. The molecule has 0 spiro atoms. The lowest BCUT2D eigenvalue weighted by atomic mass is 10.4. The number of likely N-dealkylation sites (N-methyl/N-ethyl adjacent to an activating group) is 1. The largest absolute Gasteiger partial charge is 0.476 e. The molecular weight excluding hydrogens is 272 g/mol. The highest BCUT2D eigenvalue weighted by Crippen LogP contribution is 2.15. The maximum absolute atomic E-state index is 12.1. The van der Waals surface area contributed by atoms with Crippen LogP contribution in [0, 0.1) is 0 Å². The summed E-state index contributed by atoms with van der Waals surface area (Å²) in [6.07, 6.45) is 1.27. The molecule has 0 atom stereocenters. The molecular formula is C11H16N2O5S. The Kier molecular flexibility index (Phi) is 6.40. The second kappa shape index (κ2) is 7.82. The predicted molar refractivity (Wildman–Crippen MR) is 68.6 cm³/mol. The van der Waals surface area contributed by atoms with Gasteiger partial charge in [0.2, 0.25) is 5.01 Å². The Hall–Kier alpha value is -1.51. The molecule has 0 saturated carbocycles. The first-order valence-corrected chi connectivity index (χ1v) is 6.58. The van der Waals surface area contributed by atoms with Gasteiger partial charge in [-0.25, -0.2) is 9.78 Å². The highest BCUT2D eigenvalue weighted by molar-refractivity contribution is 7.15. The molecule has 1 amide bonds. The van der Waals surface area contributed by atoms with Crippen LogP contribution in [0.25, 0.3) is 0 Å². The van der Waals surface area contributed by atoms with E-state index in [-0.39, 0.29) is 24.1 Å². The smallest absolute Gasteiger partial charge is 0.365 e. The maximum Gasteiger partial charge on any atom is 0.365 e. The van der Waals surface area contributed by atoms with Crippen LogP contribution in [-0.4, -0.2) is 64.9 Å². The average Bonchev–Trinajstić information content (AvgIpc) is 2.88. The van der Waals surface area contributed by atoms with Crippen LogP contribution in [0.2, 0.25) is 0 Å². The van der Waals surface area contributed by atoms with Crippen LogP contribution in [0.4, 0.5) is 0 Å². The van der Waals surface area contributed by atoms with Crippen LogP contribution in [0.5, 0.6) is 0 Å². The molecule has 106 valence electrons. The van der Waals surface area contributed by atoms with Crippen molar-refractivity contribution in [3.63, 3.8) is 0 Å². The molecule has 0 saturated heterocycles. The first-order chi connectivity index (χ1) is 9.10. The first-order valence-electron chi connectivity index (χ1n) is 5.77. The monoisotopic (exact) mass is 288 g/mol. The Labute approximate surface area is 114 Å². The number of aromatic carboxylic acids is 1. The van der Waals surface area contributed by atoms with E-state index in [9.17, 15) is 9.59 Å². The Morgan fingerprint density at radius 1 is 1.47 bits per heavy atom. The van der Waals surface area contributed by atoms with Crippen molar-refractivity contribution in [3.8, 4) is 0 Å². The number of nitrogens with zero attached hydrogens (tertiary/aromatic N) is 2. The number of carboxylic acids is 1. The molecule has 0 aliphatic rings. The van der Waals surface area contributed by atoms with Crippen LogP contribution in [0.1, 0.15) is 26.4 Å². The van der Waals surface area contributed by atoms with Crippen molar-refractivity contribution in [3.05, 3.63) is 16.1 Å². The third-order valence-corrected chi connectivity index (χ3v) is 3.28. The summed E-state index contributed by atoms with van der Waals surface area (Å²) in [6.45, 7) is 3.19. The quantitative estimate of drug-likeness (QED) is 0.668. The van der Waals surface area contributed by atoms with E-state index in [1.165, 1.54) is 11.1 Å². The topological polar surface area (TPSA) is 100.0 Å². The third-order valence-electron chi connectivity index (χ3n) is 2.31. The molecule has 2 N–H and O–H groups in total. The molecule has 7 nitrogen and oxygen atoms in total. The number of amides is 1. The van der Waals surface area contributed by atoms with Gasteiger partial charge in [-0.2, -0.15) is 0 Å². The normalized spacial score (nSPS) is 10.4. The SMILES string of the molecule is CCN(CCOCCO)C(=O)c1cnc(C(=O)O)s1. The Balaban J connectivity index is 2.59. The van der Waals surface area contributed by atoms with E-state index in [1.807, 2.05) is 6.92 Å². The molecule has 0 fully saturated rings. The maximum atomic E-state index is 12.1. The zero-order chi connectivity index (χ0) is 14.3. The lowest BCUT2D eigenvalue weighted by Crippen LogP contribution is -2.33. The second-order valence-electron chi connectivity index (χ2n) is 3.56. The van der Waals surface area contributed by atoms with Gasteiger partial charge in [0.25, 0.3) is 5.91 Å². The van der Waals surface area contributed by atoms with E-state index in [0.29, 0.717) is 24.6 Å². The van der Waals surface area contributed by atoms with Gasteiger partial charge < -0.3 is 19.8 Å². The molecule has 19 heavy (non-hydrogen) atoms. The van der Waals surface area contributed by atoms with E-state index in [4.69, 9.17) is 14.9 Å². The minimum Gasteiger partial charge on any atom is -0.476 e. The van der Waals surface area contributed by atoms with Crippen molar-refractivity contribution < 1.29 is 24.5 Å². The van der Waals surface area contributed by atoms with Gasteiger partial charge in [0.05, 0.1) is 26.0 Å². The fraction of sp³-hybridized carbons (Fsp3) is 0.545. The highest BCUT2D eigenvalue weighted by Gasteiger charge is 2.19. The van der Waals surface area contributed by atoms with E-state index < -0.39 is 5.97 Å². The Morgan fingerprint density at radius 2 is 2.21 bits per heavy atom. The highest BCUT2D eigenvalue weighted by atomic mass is 32.1. The number of thiazole rings is 1. The van der Waals surface area contributed by atoms with Crippen molar-refractivity contribution in [2.75, 3.05) is 32.9 Å². The molecule has 1 rings (SSSR count). The molecule has 1 aromatic rings. The number of ether oxygens (including phenoxy) is 1. The summed E-state index contributed by atoms with van der Waals surface area (Å²) in [7, 11) is 0. The number of hydrogen-bond acceptors (Lipinski definition) is 6. The Morgan fingerprint density at radius 3 is 2.74 bits per heavy atom. The number of aliphatic hydroxyl groups is 1. The van der Waals surface area contributed by atoms with Crippen molar-refractivity contribution >= 4 is 23.2 Å². The van der Waals surface area contributed by atoms with Crippen molar-refractivity contribution in [1.82, 2.24) is 9.88 Å².